The van der Waals surface area contributed by atoms with E-state index < -0.39 is 41.0 Å². The molecule has 19 heteroatoms. The number of anilines is 1. The number of amides is 5. The van der Waals surface area contributed by atoms with Crippen molar-refractivity contribution in [1.82, 2.24) is 30.4 Å². The number of rotatable bonds is 19. The van der Waals surface area contributed by atoms with Crippen LogP contribution in [0, 0.1) is 11.7 Å². The number of halogens is 1. The maximum Gasteiger partial charge on any atom is 0.264 e. The average Bonchev–Trinajstić information content (AvgIpc) is 3.49. The zero-order valence-corrected chi connectivity index (χ0v) is 34.1. The van der Waals surface area contributed by atoms with Crippen LogP contribution in [0.15, 0.2) is 35.1 Å². The molecule has 0 radical (unpaired) electrons. The number of aromatic nitrogens is 2. The molecule has 4 aliphatic heterocycles. The van der Waals surface area contributed by atoms with E-state index in [0.29, 0.717) is 74.4 Å². The molecular formula is C41H50FN7O10S. The van der Waals surface area contributed by atoms with Gasteiger partial charge in [0.15, 0.2) is 0 Å². The number of imide groups is 2. The molecule has 5 heterocycles. The minimum atomic E-state index is -1.03. The molecule has 3 fully saturated rings. The molecule has 2 aromatic carbocycles. The van der Waals surface area contributed by atoms with Gasteiger partial charge in [-0.05, 0) is 63.2 Å². The number of ether oxygens (including phenoxy) is 4. The Bertz CT molecular complexity index is 2120. The molecule has 17 nitrogen and oxygen atoms in total. The number of fused-ring (bicyclic) bond motifs is 2. The second-order valence-corrected chi connectivity index (χ2v) is 16.4. The molecule has 1 aromatic heterocycles. The fourth-order valence-corrected chi connectivity index (χ4v) is 8.78. The molecular weight excluding hydrogens is 802 g/mol. The summed E-state index contributed by atoms with van der Waals surface area (Å²) >= 11 is 1.72. The lowest BCUT2D eigenvalue weighted by Crippen LogP contribution is -2.54. The summed E-state index contributed by atoms with van der Waals surface area (Å²) in [6, 6.07) is 6.70. The quantitative estimate of drug-likeness (QED) is 0.101. The van der Waals surface area contributed by atoms with Crippen molar-refractivity contribution in [2.45, 2.75) is 55.6 Å². The van der Waals surface area contributed by atoms with E-state index in [1.54, 1.807) is 30.0 Å². The minimum absolute atomic E-state index is 0.0493. The highest BCUT2D eigenvalue weighted by atomic mass is 32.2. The molecule has 60 heavy (non-hydrogen) atoms. The number of nitrogens with one attached hydrogen (secondary N) is 4. The summed E-state index contributed by atoms with van der Waals surface area (Å²) < 4.78 is 37.6. The highest BCUT2D eigenvalue weighted by Crippen LogP contribution is 2.32. The fourth-order valence-electron chi connectivity index (χ4n) is 7.73. The lowest BCUT2D eigenvalue weighted by molar-refractivity contribution is -0.136. The van der Waals surface area contributed by atoms with Gasteiger partial charge in [-0.25, -0.2) is 9.37 Å². The molecule has 1 atom stereocenters. The Morgan fingerprint density at radius 3 is 2.48 bits per heavy atom. The molecule has 0 bridgehead atoms. The van der Waals surface area contributed by atoms with Crippen LogP contribution in [0.2, 0.25) is 0 Å². The molecule has 0 spiro atoms. The van der Waals surface area contributed by atoms with Gasteiger partial charge in [-0.1, -0.05) is 6.07 Å². The highest BCUT2D eigenvalue weighted by molar-refractivity contribution is 7.99. The Morgan fingerprint density at radius 2 is 1.72 bits per heavy atom. The number of thioether (sulfide) groups is 1. The molecule has 0 saturated carbocycles. The zero-order chi connectivity index (χ0) is 42.0. The van der Waals surface area contributed by atoms with Crippen LogP contribution in [-0.4, -0.2) is 140 Å². The van der Waals surface area contributed by atoms with Crippen molar-refractivity contribution in [1.29, 1.82) is 0 Å². The van der Waals surface area contributed by atoms with Gasteiger partial charge in [-0.15, -0.1) is 0 Å². The van der Waals surface area contributed by atoms with Crippen LogP contribution in [0.5, 0.6) is 5.75 Å². The van der Waals surface area contributed by atoms with Crippen LogP contribution in [0.4, 0.5) is 10.1 Å². The van der Waals surface area contributed by atoms with Gasteiger partial charge in [0.1, 0.15) is 28.8 Å². The summed E-state index contributed by atoms with van der Waals surface area (Å²) in [5.74, 6) is -1.39. The monoisotopic (exact) mass is 851 g/mol. The fraction of sp³-hybridized carbons (Fsp3) is 0.537. The predicted octanol–water partition coefficient (Wildman–Crippen LogP) is 2.23. The Balaban J connectivity index is 0.732. The summed E-state index contributed by atoms with van der Waals surface area (Å²) in [7, 11) is 0. The van der Waals surface area contributed by atoms with Gasteiger partial charge in [0, 0.05) is 55.8 Å². The summed E-state index contributed by atoms with van der Waals surface area (Å²) in [4.78, 5) is 85.7. The number of aromatic amines is 1. The number of likely N-dealkylation sites (tertiary alicyclic amines) is 1. The van der Waals surface area contributed by atoms with Crippen molar-refractivity contribution >= 4 is 57.9 Å². The number of nitrogens with zero attached hydrogens (tertiary/aromatic N) is 3. The normalized spacial score (nSPS) is 19.1. The summed E-state index contributed by atoms with van der Waals surface area (Å²) in [6.45, 7) is 5.52. The molecule has 4 N–H and O–H groups in total. The molecule has 0 aliphatic carbocycles. The largest absolute Gasteiger partial charge is 0.493 e. The third kappa shape index (κ3) is 10.9. The zero-order valence-electron chi connectivity index (χ0n) is 33.3. The van der Waals surface area contributed by atoms with Crippen molar-refractivity contribution < 1.29 is 47.3 Å². The number of hydrogen-bond acceptors (Lipinski definition) is 14. The second kappa shape index (κ2) is 20.5. The maximum atomic E-state index is 15.0. The van der Waals surface area contributed by atoms with Gasteiger partial charge in [0.25, 0.3) is 17.4 Å². The molecule has 4 aliphatic rings. The van der Waals surface area contributed by atoms with Crippen molar-refractivity contribution in [3.63, 3.8) is 0 Å². The Kier molecular flexibility index (Phi) is 14.8. The summed E-state index contributed by atoms with van der Waals surface area (Å²) in [5.41, 5.74) is 0.614. The molecule has 3 aromatic rings. The van der Waals surface area contributed by atoms with Crippen LogP contribution in [0.3, 0.4) is 0 Å². The van der Waals surface area contributed by atoms with Crippen molar-refractivity contribution in [2.24, 2.45) is 5.92 Å². The smallest absolute Gasteiger partial charge is 0.264 e. The molecule has 7 rings (SSSR count). The first-order valence-corrected chi connectivity index (χ1v) is 21.5. The van der Waals surface area contributed by atoms with E-state index in [4.69, 9.17) is 18.9 Å². The lowest BCUT2D eigenvalue weighted by atomic mass is 9.98. The Hall–Kier alpha value is -4.95. The summed E-state index contributed by atoms with van der Waals surface area (Å²) in [5, 5.41) is 8.56. The first kappa shape index (κ1) is 43.1. The van der Waals surface area contributed by atoms with Gasteiger partial charge < -0.3 is 34.6 Å². The number of H-pyrrole nitrogens is 1. The maximum absolute atomic E-state index is 15.0. The first-order chi connectivity index (χ1) is 29.1. The topological polar surface area (TPSA) is 211 Å². The van der Waals surface area contributed by atoms with E-state index >= 15 is 0 Å². The Morgan fingerprint density at radius 1 is 0.950 bits per heavy atom. The van der Waals surface area contributed by atoms with E-state index in [1.165, 1.54) is 12.1 Å². The first-order valence-electron chi connectivity index (χ1n) is 20.4. The SMILES string of the molecule is O=C(CN1CCC(COc2cc(F)c3c(=O)[nH]c(CSC4CCOCC4)nc3c2)CC1)NCCOCCOCCNc1cccc2c1C(=O)N(C1CCC(=O)NC1=O)C2=O. The molecule has 322 valence electrons. The number of carbonyl (C=O) groups excluding carboxylic acids is 5. The summed E-state index contributed by atoms with van der Waals surface area (Å²) in [6.07, 6.45) is 3.69. The van der Waals surface area contributed by atoms with E-state index in [9.17, 15) is 33.2 Å². The van der Waals surface area contributed by atoms with Crippen LogP contribution >= 0.6 is 11.8 Å². The predicted molar refractivity (Wildman–Crippen MR) is 218 cm³/mol. The van der Waals surface area contributed by atoms with E-state index in [2.05, 4.69) is 30.8 Å². The molecule has 1 unspecified atom stereocenters. The molecule has 5 amide bonds. The van der Waals surface area contributed by atoms with Crippen molar-refractivity contribution in [3.8, 4) is 5.75 Å². The average molecular weight is 852 g/mol. The van der Waals surface area contributed by atoms with Crippen LogP contribution in [0.25, 0.3) is 10.9 Å². The van der Waals surface area contributed by atoms with Crippen molar-refractivity contribution in [2.75, 3.05) is 84.3 Å². The second-order valence-electron chi connectivity index (χ2n) is 15.1. The lowest BCUT2D eigenvalue weighted by Gasteiger charge is -2.31. The minimum Gasteiger partial charge on any atom is -0.493 e. The highest BCUT2D eigenvalue weighted by Gasteiger charge is 2.45. The third-order valence-electron chi connectivity index (χ3n) is 10.9. The number of hydrogen-bond donors (Lipinski definition) is 4. The van der Waals surface area contributed by atoms with Gasteiger partial charge >= 0.3 is 0 Å². The van der Waals surface area contributed by atoms with E-state index in [0.717, 1.165) is 56.9 Å². The third-order valence-corrected chi connectivity index (χ3v) is 12.3. The van der Waals surface area contributed by atoms with Gasteiger partial charge in [-0.3, -0.25) is 43.9 Å². The van der Waals surface area contributed by atoms with Crippen LogP contribution in [0.1, 0.15) is 65.1 Å². The van der Waals surface area contributed by atoms with Crippen LogP contribution < -0.4 is 26.2 Å². The van der Waals surface area contributed by atoms with Crippen molar-refractivity contribution in [3.05, 3.63) is 63.5 Å². The van der Waals surface area contributed by atoms with E-state index in [-0.39, 0.29) is 53.2 Å². The number of carbonyl (C=O) groups is 5. The van der Waals surface area contributed by atoms with Gasteiger partial charge in [0.05, 0.1) is 62.0 Å². The van der Waals surface area contributed by atoms with Gasteiger partial charge in [0.2, 0.25) is 17.7 Å². The standard InChI is InChI=1S/C41H50FN7O10S/c42-29-20-26(21-31-37(29)39(53)46-33(45-31)24-60-27-8-14-56-15-9-27)59-23-25-6-12-48(13-7-25)22-35(51)44-11-17-58-19-18-57-16-10-43-30-3-1-2-28-36(30)41(55)49(40(28)54)32-4-5-34(50)47-38(32)52/h1-3,20-21,25,27,32,43H,4-19,22-24H2,(H,44,51)(H,45,46,53)(H,47,50,52). The number of benzene rings is 2. The molecule has 3 saturated heterocycles. The van der Waals surface area contributed by atoms with Crippen LogP contribution in [-0.2, 0) is 34.3 Å². The van der Waals surface area contributed by atoms with Gasteiger partial charge in [-0.2, -0.15) is 11.8 Å². The number of piperidine rings is 2. The van der Waals surface area contributed by atoms with E-state index in [1.807, 2.05) is 0 Å². The Labute approximate surface area is 349 Å².